The van der Waals surface area contributed by atoms with Crippen LogP contribution in [-0.2, 0) is 12.8 Å². The molecule has 0 atom stereocenters. The molecule has 2 rings (SSSR count). The molecule has 2 nitrogen and oxygen atoms in total. The molecule has 0 fully saturated rings. The summed E-state index contributed by atoms with van der Waals surface area (Å²) >= 11 is 0. The summed E-state index contributed by atoms with van der Waals surface area (Å²) in [5, 5.41) is 0. The smallest absolute Gasteiger partial charge is 0.0665 e. The van der Waals surface area contributed by atoms with Crippen LogP contribution in [0, 0.1) is 0 Å². The van der Waals surface area contributed by atoms with E-state index in [4.69, 9.17) is 9.98 Å². The fourth-order valence-corrected chi connectivity index (χ4v) is 9.95. The van der Waals surface area contributed by atoms with E-state index in [0.717, 1.165) is 38.5 Å². The van der Waals surface area contributed by atoms with Gasteiger partial charge in [0, 0.05) is 0 Å². The zero-order valence-corrected chi connectivity index (χ0v) is 46.6. The molecule has 0 radical (unpaired) electrons. The number of rotatable bonds is 50. The van der Waals surface area contributed by atoms with E-state index in [-0.39, 0.29) is 0 Å². The maximum Gasteiger partial charge on any atom is 0.0665 e. The van der Waals surface area contributed by atoms with Crippen LogP contribution in [0.1, 0.15) is 315 Å². The molecule has 0 N–H and O–H groups in total. The van der Waals surface area contributed by atoms with E-state index < -0.39 is 0 Å². The van der Waals surface area contributed by atoms with Crippen molar-refractivity contribution < 1.29 is 0 Å². The highest BCUT2D eigenvalue weighted by molar-refractivity contribution is 6.43. The Hall–Kier alpha value is -2.74. The lowest BCUT2D eigenvalue weighted by molar-refractivity contribution is 0.557. The molecule has 0 bridgehead atoms. The van der Waals surface area contributed by atoms with Gasteiger partial charge in [0.05, 0.1) is 22.8 Å². The second-order valence-electron chi connectivity index (χ2n) is 21.1. The maximum atomic E-state index is 5.67. The molecule has 0 unspecified atom stereocenters. The zero-order valence-electron chi connectivity index (χ0n) is 46.6. The van der Waals surface area contributed by atoms with Crippen molar-refractivity contribution in [3.63, 3.8) is 0 Å². The summed E-state index contributed by atoms with van der Waals surface area (Å²) in [5.74, 6) is 0. The number of aliphatic imine (C=N–C) groups is 2. The lowest BCUT2D eigenvalue weighted by Crippen LogP contribution is -2.15. The third kappa shape index (κ3) is 36.8. The molecular formula is C67H114N2. The number of hydrogen-bond acceptors (Lipinski definition) is 2. The SMILES string of the molecule is CCCCCCCCCCCCC=CCCCc1ccccc1N=C(CCCCCCCC)C(CCCCCCCCCCC)=Nc1ccccc1CCCC=CCCCCCCCCCCCC. The number of unbranched alkanes of at least 4 members (excludes halogenated alkanes) is 35. The van der Waals surface area contributed by atoms with Crippen molar-refractivity contribution in [1.29, 1.82) is 0 Å². The number of hydrogen-bond donors (Lipinski definition) is 0. The van der Waals surface area contributed by atoms with Gasteiger partial charge in [-0.3, -0.25) is 9.98 Å². The average Bonchev–Trinajstić information content (AvgIpc) is 3.37. The van der Waals surface area contributed by atoms with E-state index in [1.165, 1.54) is 284 Å². The molecule has 0 saturated carbocycles. The van der Waals surface area contributed by atoms with Crippen LogP contribution in [0.2, 0.25) is 0 Å². The molecule has 2 aromatic rings. The first-order valence-electron chi connectivity index (χ1n) is 30.8. The first-order valence-corrected chi connectivity index (χ1v) is 30.8. The number of para-hydroxylation sites is 2. The molecule has 0 saturated heterocycles. The van der Waals surface area contributed by atoms with Crippen molar-refractivity contribution in [3.05, 3.63) is 84.0 Å². The van der Waals surface area contributed by atoms with Gasteiger partial charge >= 0.3 is 0 Å². The van der Waals surface area contributed by atoms with Crippen LogP contribution in [0.5, 0.6) is 0 Å². The third-order valence-electron chi connectivity index (χ3n) is 14.5. The molecule has 0 aromatic heterocycles. The fourth-order valence-electron chi connectivity index (χ4n) is 9.95. The molecule has 69 heavy (non-hydrogen) atoms. The Bertz CT molecular complexity index is 1530. The van der Waals surface area contributed by atoms with Gasteiger partial charge in [0.25, 0.3) is 0 Å². The number of allylic oxidation sites excluding steroid dienone is 4. The molecule has 2 heteroatoms. The van der Waals surface area contributed by atoms with E-state index in [9.17, 15) is 0 Å². The van der Waals surface area contributed by atoms with Crippen LogP contribution in [0.25, 0.3) is 0 Å². The first-order chi connectivity index (χ1) is 34.2. The predicted molar refractivity (Wildman–Crippen MR) is 314 cm³/mol. The molecule has 2 aromatic carbocycles. The van der Waals surface area contributed by atoms with Gasteiger partial charge in [0.1, 0.15) is 0 Å². The van der Waals surface area contributed by atoms with Crippen molar-refractivity contribution in [2.45, 2.75) is 317 Å². The normalized spacial score (nSPS) is 12.4. The van der Waals surface area contributed by atoms with Crippen LogP contribution in [0.3, 0.4) is 0 Å². The van der Waals surface area contributed by atoms with Crippen molar-refractivity contribution in [3.8, 4) is 0 Å². The zero-order chi connectivity index (χ0) is 49.2. The summed E-state index contributed by atoms with van der Waals surface area (Å²) in [6.45, 7) is 9.25. The summed E-state index contributed by atoms with van der Waals surface area (Å²) in [7, 11) is 0. The van der Waals surface area contributed by atoms with Gasteiger partial charge in [-0.25, -0.2) is 0 Å². The van der Waals surface area contributed by atoms with Crippen molar-refractivity contribution >= 4 is 22.8 Å². The topological polar surface area (TPSA) is 24.7 Å². The largest absolute Gasteiger partial charge is 0.251 e. The third-order valence-corrected chi connectivity index (χ3v) is 14.5. The van der Waals surface area contributed by atoms with Crippen LogP contribution in [0.4, 0.5) is 11.4 Å². The van der Waals surface area contributed by atoms with Crippen LogP contribution in [-0.4, -0.2) is 11.4 Å². The number of benzene rings is 2. The Labute approximate surface area is 431 Å². The van der Waals surface area contributed by atoms with Crippen LogP contribution >= 0.6 is 0 Å². The van der Waals surface area contributed by atoms with E-state index in [2.05, 4.69) is 101 Å². The Balaban J connectivity index is 2.13. The summed E-state index contributed by atoms with van der Waals surface area (Å²) in [6.07, 6.45) is 69.2. The van der Waals surface area contributed by atoms with Gasteiger partial charge in [-0.05, 0) is 113 Å². The number of aryl methyl sites for hydroxylation is 2. The molecule has 0 aliphatic carbocycles. The Morgan fingerprint density at radius 2 is 0.536 bits per heavy atom. The Morgan fingerprint density at radius 3 is 0.841 bits per heavy atom. The quantitative estimate of drug-likeness (QED) is 0.0359. The molecule has 0 aliphatic rings. The Kier molecular flexibility index (Phi) is 44.2. The minimum absolute atomic E-state index is 1.02. The molecule has 0 aliphatic heterocycles. The summed E-state index contributed by atoms with van der Waals surface area (Å²) in [6, 6.07) is 18.1. The van der Waals surface area contributed by atoms with Gasteiger partial charge in [-0.15, -0.1) is 0 Å². The number of nitrogens with zero attached hydrogens (tertiary/aromatic N) is 2. The standard InChI is InChI=1S/C67H114N2/c1-5-9-13-17-21-24-26-28-30-32-34-37-39-42-46-54-62-56-50-52-58-64(62)68-66(60-48-44-20-16-12-8-4)67(61-49-45-41-36-23-19-15-11-7-3)69-65-59-53-51-57-63(65)55-47-43-40-38-35-33-31-29-27-25-22-18-14-10-6-2/h37-40,50-53,56-59H,5-36,41-49,54-55,60-61H2,1-4H3. The van der Waals surface area contributed by atoms with Gasteiger partial charge in [0.15, 0.2) is 0 Å². The minimum Gasteiger partial charge on any atom is -0.251 e. The highest BCUT2D eigenvalue weighted by Gasteiger charge is 2.14. The lowest BCUT2D eigenvalue weighted by Gasteiger charge is -2.14. The van der Waals surface area contributed by atoms with Crippen molar-refractivity contribution in [2.75, 3.05) is 0 Å². The molecule has 0 amide bonds. The summed E-state index contributed by atoms with van der Waals surface area (Å²) in [5.41, 5.74) is 7.63. The van der Waals surface area contributed by atoms with Gasteiger partial charge < -0.3 is 0 Å². The van der Waals surface area contributed by atoms with E-state index in [1.807, 2.05) is 0 Å². The molecular weight excluding hydrogens is 833 g/mol. The summed E-state index contributed by atoms with van der Waals surface area (Å²) in [4.78, 5) is 11.3. The van der Waals surface area contributed by atoms with Crippen LogP contribution in [0.15, 0.2) is 82.8 Å². The van der Waals surface area contributed by atoms with E-state index in [0.29, 0.717) is 0 Å². The van der Waals surface area contributed by atoms with Gasteiger partial charge in [-0.2, -0.15) is 0 Å². The van der Waals surface area contributed by atoms with Gasteiger partial charge in [0.2, 0.25) is 0 Å². The molecule has 392 valence electrons. The first kappa shape index (κ1) is 62.4. The highest BCUT2D eigenvalue weighted by atomic mass is 14.8. The van der Waals surface area contributed by atoms with E-state index >= 15 is 0 Å². The fraction of sp³-hybridized carbons (Fsp3) is 0.731. The second kappa shape index (κ2) is 48.9. The highest BCUT2D eigenvalue weighted by Crippen LogP contribution is 2.27. The Morgan fingerprint density at radius 1 is 0.290 bits per heavy atom. The second-order valence-corrected chi connectivity index (χ2v) is 21.1. The van der Waals surface area contributed by atoms with Gasteiger partial charge in [-0.1, -0.05) is 287 Å². The van der Waals surface area contributed by atoms with Crippen molar-refractivity contribution in [2.24, 2.45) is 9.98 Å². The maximum absolute atomic E-state index is 5.67. The molecule has 0 heterocycles. The average molecular weight is 948 g/mol. The molecule has 0 spiro atoms. The van der Waals surface area contributed by atoms with Crippen molar-refractivity contribution in [1.82, 2.24) is 0 Å². The van der Waals surface area contributed by atoms with Crippen LogP contribution < -0.4 is 0 Å². The van der Waals surface area contributed by atoms with E-state index in [1.54, 1.807) is 0 Å². The monoisotopic (exact) mass is 947 g/mol. The minimum atomic E-state index is 1.02. The predicted octanol–water partition coefficient (Wildman–Crippen LogP) is 23.6. The summed E-state index contributed by atoms with van der Waals surface area (Å²) < 4.78 is 0. The lowest BCUT2D eigenvalue weighted by atomic mass is 9.99.